The van der Waals surface area contributed by atoms with E-state index >= 15 is 0 Å². The standard InChI is InChI=1S/C23H26F2N4O/c1-15-4-2-3-11-29(15)14-17-7-5-16(6-8-17)13-26-23(30)18-9-10-19-20(12-18)28-22(27-19)21(24)25/h5-10,12,15,21H,2-4,11,13-14H2,1H3,(H,26,30)(H,27,28). The van der Waals surface area contributed by atoms with Crippen LogP contribution in [-0.2, 0) is 13.1 Å². The topological polar surface area (TPSA) is 61.0 Å². The van der Waals surface area contributed by atoms with E-state index in [1.54, 1.807) is 18.2 Å². The Hall–Kier alpha value is -2.80. The zero-order valence-electron chi connectivity index (χ0n) is 17.0. The summed E-state index contributed by atoms with van der Waals surface area (Å²) in [7, 11) is 0. The van der Waals surface area contributed by atoms with Crippen LogP contribution in [0.2, 0.25) is 0 Å². The molecular formula is C23H26F2N4O. The largest absolute Gasteiger partial charge is 0.348 e. The molecule has 0 radical (unpaired) electrons. The van der Waals surface area contributed by atoms with Gasteiger partial charge in [0.15, 0.2) is 5.82 Å². The van der Waals surface area contributed by atoms with Crippen LogP contribution in [0.25, 0.3) is 11.0 Å². The van der Waals surface area contributed by atoms with Gasteiger partial charge in [-0.3, -0.25) is 9.69 Å². The molecule has 2 aromatic carbocycles. The number of hydrogen-bond donors (Lipinski definition) is 2. The molecule has 1 unspecified atom stereocenters. The first-order valence-corrected chi connectivity index (χ1v) is 10.4. The molecule has 2 heterocycles. The highest BCUT2D eigenvalue weighted by Crippen LogP contribution is 2.21. The Balaban J connectivity index is 1.34. The van der Waals surface area contributed by atoms with Crippen LogP contribution in [0.4, 0.5) is 8.78 Å². The van der Waals surface area contributed by atoms with E-state index in [2.05, 4.69) is 39.2 Å². The summed E-state index contributed by atoms with van der Waals surface area (Å²) in [6.45, 7) is 4.80. The van der Waals surface area contributed by atoms with Crippen molar-refractivity contribution in [3.8, 4) is 0 Å². The number of aromatic nitrogens is 2. The maximum Gasteiger partial charge on any atom is 0.295 e. The van der Waals surface area contributed by atoms with Crippen LogP contribution in [-0.4, -0.2) is 33.4 Å². The Morgan fingerprint density at radius 3 is 2.70 bits per heavy atom. The van der Waals surface area contributed by atoms with Crippen molar-refractivity contribution in [2.45, 2.75) is 51.7 Å². The van der Waals surface area contributed by atoms with Crippen molar-refractivity contribution >= 4 is 16.9 Å². The summed E-state index contributed by atoms with van der Waals surface area (Å²) >= 11 is 0. The third kappa shape index (κ3) is 4.67. The zero-order valence-corrected chi connectivity index (χ0v) is 17.0. The van der Waals surface area contributed by atoms with Gasteiger partial charge >= 0.3 is 0 Å². The highest BCUT2D eigenvalue weighted by atomic mass is 19.3. The monoisotopic (exact) mass is 412 g/mol. The van der Waals surface area contributed by atoms with Gasteiger partial charge in [0.1, 0.15) is 0 Å². The van der Waals surface area contributed by atoms with Gasteiger partial charge in [0.2, 0.25) is 0 Å². The number of hydrogen-bond acceptors (Lipinski definition) is 3. The van der Waals surface area contributed by atoms with Crippen molar-refractivity contribution in [1.82, 2.24) is 20.2 Å². The molecule has 158 valence electrons. The van der Waals surface area contributed by atoms with Crippen LogP contribution < -0.4 is 5.32 Å². The van der Waals surface area contributed by atoms with Crippen molar-refractivity contribution < 1.29 is 13.6 Å². The molecule has 1 aliphatic rings. The molecule has 0 spiro atoms. The molecule has 1 aromatic heterocycles. The van der Waals surface area contributed by atoms with Gasteiger partial charge in [0, 0.05) is 24.7 Å². The van der Waals surface area contributed by atoms with Gasteiger partial charge in [-0.05, 0) is 55.6 Å². The second-order valence-corrected chi connectivity index (χ2v) is 7.97. The van der Waals surface area contributed by atoms with Crippen molar-refractivity contribution in [3.63, 3.8) is 0 Å². The van der Waals surface area contributed by atoms with Crippen molar-refractivity contribution in [2.75, 3.05) is 6.54 Å². The minimum atomic E-state index is -2.67. The van der Waals surface area contributed by atoms with Crippen LogP contribution in [0.3, 0.4) is 0 Å². The normalized spacial score (nSPS) is 17.5. The smallest absolute Gasteiger partial charge is 0.295 e. The fourth-order valence-corrected chi connectivity index (χ4v) is 3.95. The molecule has 0 bridgehead atoms. The average molecular weight is 412 g/mol. The summed E-state index contributed by atoms with van der Waals surface area (Å²) < 4.78 is 25.6. The predicted octanol–water partition coefficient (Wildman–Crippen LogP) is 4.80. The van der Waals surface area contributed by atoms with E-state index < -0.39 is 6.43 Å². The number of halogens is 2. The van der Waals surface area contributed by atoms with Gasteiger partial charge in [0.05, 0.1) is 11.0 Å². The van der Waals surface area contributed by atoms with E-state index in [9.17, 15) is 13.6 Å². The molecule has 30 heavy (non-hydrogen) atoms. The number of imidazole rings is 1. The molecule has 1 atom stereocenters. The van der Waals surface area contributed by atoms with E-state index in [1.807, 2.05) is 12.1 Å². The second kappa shape index (κ2) is 8.92. The van der Waals surface area contributed by atoms with Crippen LogP contribution in [0, 0.1) is 0 Å². The number of aromatic amines is 1. The molecule has 3 aromatic rings. The molecule has 1 amide bonds. The summed E-state index contributed by atoms with van der Waals surface area (Å²) in [5.74, 6) is -0.641. The molecule has 0 aliphatic carbocycles. The molecule has 5 nitrogen and oxygen atoms in total. The molecule has 0 saturated carbocycles. The van der Waals surface area contributed by atoms with E-state index in [0.29, 0.717) is 29.2 Å². The number of likely N-dealkylation sites (tertiary alicyclic amines) is 1. The van der Waals surface area contributed by atoms with Gasteiger partial charge in [-0.1, -0.05) is 30.7 Å². The quantitative estimate of drug-likeness (QED) is 0.611. The lowest BCUT2D eigenvalue weighted by molar-refractivity contribution is 0.0951. The number of rotatable bonds is 6. The molecule has 7 heteroatoms. The zero-order chi connectivity index (χ0) is 21.1. The molecule has 1 aliphatic heterocycles. The maximum atomic E-state index is 12.8. The molecule has 2 N–H and O–H groups in total. The number of carbonyl (C=O) groups is 1. The highest BCUT2D eigenvalue weighted by Gasteiger charge is 2.18. The second-order valence-electron chi connectivity index (χ2n) is 7.97. The Morgan fingerprint density at radius 1 is 1.20 bits per heavy atom. The summed E-state index contributed by atoms with van der Waals surface area (Å²) in [5, 5.41) is 2.89. The average Bonchev–Trinajstić information content (AvgIpc) is 3.18. The predicted molar refractivity (Wildman–Crippen MR) is 112 cm³/mol. The van der Waals surface area contributed by atoms with Gasteiger partial charge in [-0.2, -0.15) is 0 Å². The number of H-pyrrole nitrogens is 1. The van der Waals surface area contributed by atoms with Crippen molar-refractivity contribution in [3.05, 3.63) is 65.0 Å². The first kappa shape index (κ1) is 20.5. The Kier molecular flexibility index (Phi) is 6.08. The lowest BCUT2D eigenvalue weighted by Crippen LogP contribution is -2.36. The minimum Gasteiger partial charge on any atom is -0.348 e. The fraction of sp³-hybridized carbons (Fsp3) is 0.391. The first-order chi connectivity index (χ1) is 14.5. The number of alkyl halides is 2. The van der Waals surface area contributed by atoms with E-state index in [1.165, 1.54) is 24.8 Å². The number of carbonyl (C=O) groups excluding carboxylic acids is 1. The molecule has 1 fully saturated rings. The summed E-state index contributed by atoms with van der Waals surface area (Å²) in [6.07, 6.45) is 1.17. The van der Waals surface area contributed by atoms with Gasteiger partial charge < -0.3 is 10.3 Å². The van der Waals surface area contributed by atoms with Crippen LogP contribution >= 0.6 is 0 Å². The van der Waals surface area contributed by atoms with Crippen molar-refractivity contribution in [2.24, 2.45) is 0 Å². The Bertz CT molecular complexity index is 1020. The number of amides is 1. The van der Waals surface area contributed by atoms with E-state index in [-0.39, 0.29) is 11.7 Å². The summed E-state index contributed by atoms with van der Waals surface area (Å²) in [5.41, 5.74) is 3.54. The third-order valence-corrected chi connectivity index (χ3v) is 5.77. The Morgan fingerprint density at radius 2 is 1.97 bits per heavy atom. The SMILES string of the molecule is CC1CCCCN1Cc1ccc(CNC(=O)c2ccc3nc(C(F)F)[nH]c3c2)cc1. The van der Waals surface area contributed by atoms with Crippen LogP contribution in [0.1, 0.15) is 59.9 Å². The highest BCUT2D eigenvalue weighted by molar-refractivity contribution is 5.97. The number of nitrogens with one attached hydrogen (secondary N) is 2. The molecule has 4 rings (SSSR count). The maximum absolute atomic E-state index is 12.8. The summed E-state index contributed by atoms with van der Waals surface area (Å²) in [4.78, 5) is 21.4. The van der Waals surface area contributed by atoms with Gasteiger partial charge in [-0.25, -0.2) is 13.8 Å². The van der Waals surface area contributed by atoms with Crippen molar-refractivity contribution in [1.29, 1.82) is 0 Å². The lowest BCUT2D eigenvalue weighted by atomic mass is 10.0. The Labute approximate surface area is 174 Å². The molecular weight excluding hydrogens is 386 g/mol. The lowest BCUT2D eigenvalue weighted by Gasteiger charge is -2.33. The van der Waals surface area contributed by atoms with Crippen LogP contribution in [0.15, 0.2) is 42.5 Å². The number of piperidine rings is 1. The third-order valence-electron chi connectivity index (χ3n) is 5.77. The van der Waals surface area contributed by atoms with Crippen LogP contribution in [0.5, 0.6) is 0 Å². The van der Waals surface area contributed by atoms with Gasteiger partial charge in [-0.15, -0.1) is 0 Å². The first-order valence-electron chi connectivity index (χ1n) is 10.4. The minimum absolute atomic E-state index is 0.253. The number of benzene rings is 2. The number of fused-ring (bicyclic) bond motifs is 1. The summed E-state index contributed by atoms with van der Waals surface area (Å²) in [6, 6.07) is 13.7. The van der Waals surface area contributed by atoms with E-state index in [4.69, 9.17) is 0 Å². The molecule has 1 saturated heterocycles. The van der Waals surface area contributed by atoms with Gasteiger partial charge in [0.25, 0.3) is 12.3 Å². The van der Waals surface area contributed by atoms with E-state index in [0.717, 1.165) is 18.7 Å². The fourth-order valence-electron chi connectivity index (χ4n) is 3.95. The number of nitrogens with zero attached hydrogens (tertiary/aromatic N) is 2.